The second kappa shape index (κ2) is 7.54. The highest BCUT2D eigenvalue weighted by Gasteiger charge is 2.23. The Morgan fingerprint density at radius 1 is 1.37 bits per heavy atom. The molecule has 1 saturated heterocycles. The summed E-state index contributed by atoms with van der Waals surface area (Å²) >= 11 is 0. The Kier molecular flexibility index (Phi) is 6.03. The molecule has 0 aliphatic carbocycles. The number of carboxylic acids is 1. The van der Waals surface area contributed by atoms with Crippen molar-refractivity contribution in [3.05, 3.63) is 0 Å². The first-order chi connectivity index (χ1) is 9.00. The number of morpholine rings is 1. The summed E-state index contributed by atoms with van der Waals surface area (Å²) in [5, 5.41) is 10.6. The van der Waals surface area contributed by atoms with Gasteiger partial charge in [0.1, 0.15) is 6.04 Å². The van der Waals surface area contributed by atoms with Crippen LogP contribution in [0.4, 0.5) is 4.79 Å². The van der Waals surface area contributed by atoms with Gasteiger partial charge in [-0.15, -0.1) is 0 Å². The molecular weight excluding hydrogens is 258 g/mol. The van der Waals surface area contributed by atoms with Gasteiger partial charge in [-0.25, -0.2) is 15.1 Å². The molecule has 1 fully saturated rings. The number of carbonyl (C=O) groups is 3. The predicted molar refractivity (Wildman–Crippen MR) is 62.1 cm³/mol. The van der Waals surface area contributed by atoms with E-state index in [9.17, 15) is 14.4 Å². The summed E-state index contributed by atoms with van der Waals surface area (Å²) in [5.74, 6) is -1.44. The lowest BCUT2D eigenvalue weighted by Gasteiger charge is -2.29. The topological polar surface area (TPSA) is 117 Å². The maximum atomic E-state index is 11.9. The molecule has 0 aromatic heterocycles. The highest BCUT2D eigenvalue weighted by atomic mass is 16.7. The molecule has 9 nitrogen and oxygen atoms in total. The lowest BCUT2D eigenvalue weighted by molar-refractivity contribution is -0.144. The number of carbonyl (C=O) groups excluding carboxylic acids is 2. The van der Waals surface area contributed by atoms with Crippen molar-refractivity contribution in [1.82, 2.24) is 15.7 Å². The Morgan fingerprint density at radius 3 is 2.58 bits per heavy atom. The lowest BCUT2D eigenvalue weighted by atomic mass is 10.2. The summed E-state index contributed by atoms with van der Waals surface area (Å²) in [6.45, 7) is 2.82. The smallest absolute Gasteiger partial charge is 0.339 e. The first-order valence-corrected chi connectivity index (χ1v) is 5.77. The highest BCUT2D eigenvalue weighted by Crippen LogP contribution is 2.00. The maximum Gasteiger partial charge on any atom is 0.339 e. The summed E-state index contributed by atoms with van der Waals surface area (Å²) < 4.78 is 5.12. The van der Waals surface area contributed by atoms with Gasteiger partial charge in [0.15, 0.2) is 6.61 Å². The van der Waals surface area contributed by atoms with Crippen LogP contribution in [-0.4, -0.2) is 66.9 Å². The number of nitrogens with one attached hydrogen (secondary N) is 2. The van der Waals surface area contributed by atoms with Crippen LogP contribution in [-0.2, 0) is 19.2 Å². The van der Waals surface area contributed by atoms with Crippen LogP contribution < -0.4 is 10.8 Å². The van der Waals surface area contributed by atoms with Gasteiger partial charge in [-0.05, 0) is 6.92 Å². The van der Waals surface area contributed by atoms with E-state index in [1.54, 1.807) is 4.90 Å². The van der Waals surface area contributed by atoms with Crippen LogP contribution in [0.1, 0.15) is 6.92 Å². The van der Waals surface area contributed by atoms with E-state index in [1.807, 2.05) is 5.48 Å². The van der Waals surface area contributed by atoms with E-state index in [0.29, 0.717) is 26.3 Å². The van der Waals surface area contributed by atoms with E-state index < -0.39 is 24.6 Å². The molecule has 1 aliphatic heterocycles. The Bertz CT molecular complexity index is 342. The van der Waals surface area contributed by atoms with Crippen molar-refractivity contribution in [1.29, 1.82) is 0 Å². The summed E-state index contributed by atoms with van der Waals surface area (Å²) in [5.41, 5.74) is 1.88. The fraction of sp³-hybridized carbons (Fsp3) is 0.700. The van der Waals surface area contributed by atoms with Crippen molar-refractivity contribution in [3.63, 3.8) is 0 Å². The minimum Gasteiger partial charge on any atom is -0.479 e. The number of hydroxylamine groups is 1. The largest absolute Gasteiger partial charge is 0.479 e. The van der Waals surface area contributed by atoms with Gasteiger partial charge < -0.3 is 20.1 Å². The van der Waals surface area contributed by atoms with Gasteiger partial charge in [0.2, 0.25) is 5.91 Å². The molecule has 19 heavy (non-hydrogen) atoms. The normalized spacial score (nSPS) is 16.6. The van der Waals surface area contributed by atoms with Crippen LogP contribution in [0.15, 0.2) is 0 Å². The van der Waals surface area contributed by atoms with Crippen LogP contribution in [0.2, 0.25) is 0 Å². The van der Waals surface area contributed by atoms with Crippen LogP contribution in [0.25, 0.3) is 0 Å². The van der Waals surface area contributed by atoms with Crippen molar-refractivity contribution in [2.24, 2.45) is 0 Å². The number of hydrogen-bond acceptors (Lipinski definition) is 5. The Morgan fingerprint density at radius 2 is 2.00 bits per heavy atom. The number of urea groups is 1. The summed E-state index contributed by atoms with van der Waals surface area (Å²) in [6, 6.07) is -1.50. The van der Waals surface area contributed by atoms with Crippen molar-refractivity contribution in [2.45, 2.75) is 13.0 Å². The van der Waals surface area contributed by atoms with E-state index >= 15 is 0 Å². The van der Waals surface area contributed by atoms with Gasteiger partial charge in [-0.3, -0.25) is 9.63 Å². The predicted octanol–water partition coefficient (Wildman–Crippen LogP) is -1.45. The number of amides is 3. The number of carboxylic acid groups (broad SMARTS) is 1. The molecule has 0 radical (unpaired) electrons. The minimum absolute atomic E-state index is 0.225. The maximum absolute atomic E-state index is 11.9. The molecule has 0 aromatic rings. The first-order valence-electron chi connectivity index (χ1n) is 5.77. The molecule has 9 heteroatoms. The van der Waals surface area contributed by atoms with Crippen LogP contribution >= 0.6 is 0 Å². The number of nitrogens with zero attached hydrogens (tertiary/aromatic N) is 1. The highest BCUT2D eigenvalue weighted by molar-refractivity contribution is 5.86. The van der Waals surface area contributed by atoms with Gasteiger partial charge in [0.05, 0.1) is 13.2 Å². The zero-order chi connectivity index (χ0) is 14.3. The zero-order valence-corrected chi connectivity index (χ0v) is 10.5. The number of rotatable bonds is 5. The van der Waals surface area contributed by atoms with Gasteiger partial charge >= 0.3 is 12.0 Å². The average molecular weight is 275 g/mol. The molecule has 1 unspecified atom stereocenters. The van der Waals surface area contributed by atoms with Crippen molar-refractivity contribution in [2.75, 3.05) is 32.9 Å². The summed E-state index contributed by atoms with van der Waals surface area (Å²) in [7, 11) is 0. The Hall–Kier alpha value is -1.87. The fourth-order valence-electron chi connectivity index (χ4n) is 1.51. The monoisotopic (exact) mass is 275 g/mol. The molecular formula is C10H17N3O6. The third kappa shape index (κ3) is 5.53. The number of aliphatic carboxylic acids is 1. The molecule has 0 saturated carbocycles. The first kappa shape index (κ1) is 15.2. The third-order valence-corrected chi connectivity index (χ3v) is 2.40. The molecule has 1 atom stereocenters. The lowest BCUT2D eigenvalue weighted by Crippen LogP contribution is -2.52. The van der Waals surface area contributed by atoms with E-state index in [4.69, 9.17) is 9.84 Å². The van der Waals surface area contributed by atoms with Gasteiger partial charge in [0.25, 0.3) is 0 Å². The minimum atomic E-state index is -1.21. The molecule has 0 aromatic carbocycles. The van der Waals surface area contributed by atoms with E-state index in [-0.39, 0.29) is 5.91 Å². The van der Waals surface area contributed by atoms with Gasteiger partial charge in [-0.2, -0.15) is 0 Å². The molecule has 108 valence electrons. The van der Waals surface area contributed by atoms with Crippen molar-refractivity contribution < 1.29 is 29.1 Å². The molecule has 1 aliphatic rings. The van der Waals surface area contributed by atoms with Gasteiger partial charge in [0, 0.05) is 13.1 Å². The van der Waals surface area contributed by atoms with E-state index in [2.05, 4.69) is 10.2 Å². The number of ether oxygens (including phenoxy) is 1. The fourth-order valence-corrected chi connectivity index (χ4v) is 1.51. The molecule has 3 amide bonds. The zero-order valence-electron chi connectivity index (χ0n) is 10.5. The van der Waals surface area contributed by atoms with Crippen molar-refractivity contribution in [3.8, 4) is 0 Å². The molecule has 1 heterocycles. The molecule has 0 spiro atoms. The standard InChI is InChI=1S/C10H17N3O6/c1-7(9(16)13-2-4-18-5-3-13)11-10(17)12-19-6-8(14)15/h7H,2-6H2,1H3,(H,14,15)(H2,11,12,17). The second-order valence-electron chi connectivity index (χ2n) is 3.92. The molecule has 3 N–H and O–H groups in total. The average Bonchev–Trinajstić information content (AvgIpc) is 2.38. The van der Waals surface area contributed by atoms with Crippen LogP contribution in [0.3, 0.4) is 0 Å². The summed E-state index contributed by atoms with van der Waals surface area (Å²) in [6.07, 6.45) is 0. The van der Waals surface area contributed by atoms with Crippen LogP contribution in [0.5, 0.6) is 0 Å². The third-order valence-electron chi connectivity index (χ3n) is 2.40. The van der Waals surface area contributed by atoms with E-state index in [1.165, 1.54) is 6.92 Å². The quantitative estimate of drug-likeness (QED) is 0.528. The second-order valence-corrected chi connectivity index (χ2v) is 3.92. The Balaban J connectivity index is 2.28. The summed E-state index contributed by atoms with van der Waals surface area (Å²) in [4.78, 5) is 39.3. The van der Waals surface area contributed by atoms with Crippen molar-refractivity contribution >= 4 is 17.9 Å². The van der Waals surface area contributed by atoms with E-state index in [0.717, 1.165) is 0 Å². The van der Waals surface area contributed by atoms with Gasteiger partial charge in [-0.1, -0.05) is 0 Å². The Labute approximate surface area is 109 Å². The van der Waals surface area contributed by atoms with Crippen LogP contribution in [0, 0.1) is 0 Å². The molecule has 0 bridgehead atoms. The SMILES string of the molecule is CC(NC(=O)NOCC(=O)O)C(=O)N1CCOCC1. The molecule has 1 rings (SSSR count). The number of hydrogen-bond donors (Lipinski definition) is 3.